The number of amides is 1. The van der Waals surface area contributed by atoms with E-state index in [9.17, 15) is 4.79 Å². The molecular weight excluding hydrogens is 340 g/mol. The number of rotatable bonds is 11. The second kappa shape index (κ2) is 10.2. The quantitative estimate of drug-likeness (QED) is 0.463. The van der Waals surface area contributed by atoms with Crippen LogP contribution in [-0.4, -0.2) is 58.2 Å². The molecule has 0 aliphatic carbocycles. The average Bonchev–Trinajstić information content (AvgIpc) is 3.01. The molecule has 1 amide bonds. The van der Waals surface area contributed by atoms with Crippen LogP contribution in [0.15, 0.2) is 11.4 Å². The van der Waals surface area contributed by atoms with E-state index in [2.05, 4.69) is 39.5 Å². The lowest BCUT2D eigenvalue weighted by atomic mass is 10.3. The van der Waals surface area contributed by atoms with Crippen molar-refractivity contribution < 1.29 is 9.53 Å². The van der Waals surface area contributed by atoms with Gasteiger partial charge in [0.1, 0.15) is 12.4 Å². The number of anilines is 1. The van der Waals surface area contributed by atoms with Gasteiger partial charge in [-0.1, -0.05) is 25.6 Å². The first-order valence-electron chi connectivity index (χ1n) is 8.55. The molecule has 0 bridgehead atoms. The highest BCUT2D eigenvalue weighted by Crippen LogP contribution is 2.24. The molecule has 0 atom stereocenters. The molecule has 0 aromatic carbocycles. The predicted molar refractivity (Wildman–Crippen MR) is 100 cm³/mol. The zero-order valence-electron chi connectivity index (χ0n) is 15.0. The van der Waals surface area contributed by atoms with Gasteiger partial charge in [-0.3, -0.25) is 4.79 Å². The van der Waals surface area contributed by atoms with Crippen molar-refractivity contribution in [3.8, 4) is 0 Å². The van der Waals surface area contributed by atoms with Gasteiger partial charge in [-0.25, -0.2) is 14.6 Å². The molecule has 0 spiro atoms. The lowest BCUT2D eigenvalue weighted by molar-refractivity contribution is -0.124. The van der Waals surface area contributed by atoms with Crippen LogP contribution in [0.5, 0.6) is 0 Å². The highest BCUT2D eigenvalue weighted by molar-refractivity contribution is 7.99. The van der Waals surface area contributed by atoms with E-state index in [4.69, 9.17) is 4.74 Å². The maximum atomic E-state index is 11.5. The summed E-state index contributed by atoms with van der Waals surface area (Å²) in [6.07, 6.45) is 3.86. The predicted octanol–water partition coefficient (Wildman–Crippen LogP) is 1.91. The first kappa shape index (κ1) is 19.5. The molecule has 0 radical (unpaired) electrons. The summed E-state index contributed by atoms with van der Waals surface area (Å²) in [6.45, 7) is 6.17. The van der Waals surface area contributed by atoms with E-state index < -0.39 is 0 Å². The normalized spacial score (nSPS) is 11.0. The van der Waals surface area contributed by atoms with Gasteiger partial charge in [-0.2, -0.15) is 5.10 Å². The molecule has 0 aliphatic heterocycles. The van der Waals surface area contributed by atoms with Crippen LogP contribution in [0.2, 0.25) is 0 Å². The summed E-state index contributed by atoms with van der Waals surface area (Å²) >= 11 is 1.64. The second-order valence-corrected chi connectivity index (χ2v) is 6.58. The Balaban J connectivity index is 2.18. The summed E-state index contributed by atoms with van der Waals surface area (Å²) in [6, 6.07) is 0. The minimum absolute atomic E-state index is 0.0604. The third-order valence-electron chi connectivity index (χ3n) is 3.37. The van der Waals surface area contributed by atoms with Gasteiger partial charge in [-0.15, -0.1) is 0 Å². The van der Waals surface area contributed by atoms with Crippen LogP contribution >= 0.6 is 11.8 Å². The number of ether oxygens (including phenoxy) is 1. The number of methoxy groups -OCH3 is 1. The molecule has 0 saturated carbocycles. The minimum Gasteiger partial charge on any atom is -0.375 e. The fourth-order valence-electron chi connectivity index (χ4n) is 2.22. The monoisotopic (exact) mass is 366 g/mol. The van der Waals surface area contributed by atoms with E-state index in [1.807, 2.05) is 0 Å². The summed E-state index contributed by atoms with van der Waals surface area (Å²) in [5.41, 5.74) is 0.785. The van der Waals surface area contributed by atoms with Crippen LogP contribution in [0.3, 0.4) is 0 Å². The van der Waals surface area contributed by atoms with Gasteiger partial charge in [0.25, 0.3) is 0 Å². The van der Waals surface area contributed by atoms with Gasteiger partial charge < -0.3 is 15.4 Å². The third kappa shape index (κ3) is 5.57. The van der Waals surface area contributed by atoms with Crippen molar-refractivity contribution in [3.63, 3.8) is 0 Å². The van der Waals surface area contributed by atoms with Crippen LogP contribution in [-0.2, 0) is 16.1 Å². The van der Waals surface area contributed by atoms with E-state index in [0.29, 0.717) is 13.1 Å². The fraction of sp³-hybridized carbons (Fsp3) is 0.625. The van der Waals surface area contributed by atoms with Crippen molar-refractivity contribution in [1.29, 1.82) is 0 Å². The van der Waals surface area contributed by atoms with E-state index in [1.54, 1.807) is 22.6 Å². The van der Waals surface area contributed by atoms with Gasteiger partial charge in [0.2, 0.25) is 5.91 Å². The van der Waals surface area contributed by atoms with Gasteiger partial charge >= 0.3 is 0 Å². The number of aromatic nitrogens is 4. The molecule has 25 heavy (non-hydrogen) atoms. The summed E-state index contributed by atoms with van der Waals surface area (Å²) in [7, 11) is 1.50. The number of thioether (sulfide) groups is 1. The Morgan fingerprint density at radius 2 is 2.12 bits per heavy atom. The summed E-state index contributed by atoms with van der Waals surface area (Å²) in [5.74, 6) is 1.65. The highest BCUT2D eigenvalue weighted by atomic mass is 32.2. The zero-order chi connectivity index (χ0) is 18.1. The van der Waals surface area contributed by atoms with E-state index >= 15 is 0 Å². The van der Waals surface area contributed by atoms with Crippen molar-refractivity contribution in [1.82, 2.24) is 25.1 Å². The molecule has 2 aromatic heterocycles. The number of fused-ring (bicyclic) bond motifs is 1. The van der Waals surface area contributed by atoms with Gasteiger partial charge in [0.15, 0.2) is 10.8 Å². The minimum atomic E-state index is -0.141. The number of carbonyl (C=O) groups excluding carboxylic acids is 1. The molecule has 0 fully saturated rings. The average molecular weight is 366 g/mol. The third-order valence-corrected chi connectivity index (χ3v) is 4.43. The van der Waals surface area contributed by atoms with E-state index in [1.165, 1.54) is 7.11 Å². The maximum absolute atomic E-state index is 11.5. The number of hydrogen-bond acceptors (Lipinski definition) is 7. The van der Waals surface area contributed by atoms with Crippen LogP contribution in [0.4, 0.5) is 5.82 Å². The Morgan fingerprint density at radius 3 is 2.84 bits per heavy atom. The topological polar surface area (TPSA) is 94.0 Å². The number of nitrogens with zero attached hydrogens (tertiary/aromatic N) is 4. The molecule has 8 nitrogen and oxygen atoms in total. The highest BCUT2D eigenvalue weighted by Gasteiger charge is 2.13. The SMILES string of the molecule is CCCNc1nc(SCCC)nc2c1cnn2CCNC(=O)COC. The molecule has 0 unspecified atom stereocenters. The molecule has 9 heteroatoms. The van der Waals surface area contributed by atoms with Gasteiger partial charge in [0, 0.05) is 26.0 Å². The standard InChI is InChI=1S/C16H26N6O2S/c1-4-6-18-14-12-10-19-22(8-7-17-13(23)11-24-3)15(12)21-16(20-14)25-9-5-2/h10H,4-9,11H2,1-3H3,(H,17,23)(H,18,20,21). The summed E-state index contributed by atoms with van der Waals surface area (Å²) < 4.78 is 6.60. The smallest absolute Gasteiger partial charge is 0.246 e. The Labute approximate surface area is 152 Å². The lowest BCUT2D eigenvalue weighted by Crippen LogP contribution is -2.30. The number of carbonyl (C=O) groups is 1. The summed E-state index contributed by atoms with van der Waals surface area (Å²) in [4.78, 5) is 20.7. The summed E-state index contributed by atoms with van der Waals surface area (Å²) in [5, 5.41) is 12.2. The van der Waals surface area contributed by atoms with Crippen LogP contribution < -0.4 is 10.6 Å². The van der Waals surface area contributed by atoms with Crippen molar-refractivity contribution in [3.05, 3.63) is 6.20 Å². The van der Waals surface area contributed by atoms with Crippen molar-refractivity contribution in [2.75, 3.05) is 37.9 Å². The van der Waals surface area contributed by atoms with Crippen LogP contribution in [0, 0.1) is 0 Å². The van der Waals surface area contributed by atoms with Crippen molar-refractivity contribution in [2.24, 2.45) is 0 Å². The van der Waals surface area contributed by atoms with E-state index in [0.717, 1.165) is 47.1 Å². The molecule has 2 aromatic rings. The zero-order valence-corrected chi connectivity index (χ0v) is 15.9. The molecule has 2 heterocycles. The first-order chi connectivity index (χ1) is 12.2. The fourth-order valence-corrected chi connectivity index (χ4v) is 2.91. The number of nitrogens with one attached hydrogen (secondary N) is 2. The molecule has 0 saturated heterocycles. The maximum Gasteiger partial charge on any atom is 0.246 e. The Bertz CT molecular complexity index is 691. The molecule has 2 rings (SSSR count). The largest absolute Gasteiger partial charge is 0.375 e. The van der Waals surface area contributed by atoms with Crippen molar-refractivity contribution in [2.45, 2.75) is 38.4 Å². The molecular formula is C16H26N6O2S. The van der Waals surface area contributed by atoms with Crippen LogP contribution in [0.1, 0.15) is 26.7 Å². The molecule has 2 N–H and O–H groups in total. The van der Waals surface area contributed by atoms with Gasteiger partial charge in [-0.05, 0) is 12.8 Å². The number of hydrogen-bond donors (Lipinski definition) is 2. The van der Waals surface area contributed by atoms with E-state index in [-0.39, 0.29) is 12.5 Å². The molecule has 138 valence electrons. The Hall–Kier alpha value is -1.87. The van der Waals surface area contributed by atoms with Crippen molar-refractivity contribution >= 4 is 34.5 Å². The second-order valence-electron chi connectivity index (χ2n) is 5.52. The lowest BCUT2D eigenvalue weighted by Gasteiger charge is -2.09. The van der Waals surface area contributed by atoms with Crippen LogP contribution in [0.25, 0.3) is 11.0 Å². The first-order valence-corrected chi connectivity index (χ1v) is 9.54. The Kier molecular flexibility index (Phi) is 7.93. The van der Waals surface area contributed by atoms with Gasteiger partial charge in [0.05, 0.1) is 18.1 Å². The Morgan fingerprint density at radius 1 is 1.28 bits per heavy atom. The molecule has 0 aliphatic rings.